The largest absolute Gasteiger partial charge is 0.352 e. The number of hydrogen-bond acceptors (Lipinski definition) is 5. The first-order valence-corrected chi connectivity index (χ1v) is 11.3. The van der Waals surface area contributed by atoms with E-state index in [9.17, 15) is 13.2 Å². The zero-order valence-electron chi connectivity index (χ0n) is 16.1. The summed E-state index contributed by atoms with van der Waals surface area (Å²) in [5.74, 6) is 1.85. The molecule has 0 saturated carbocycles. The first-order chi connectivity index (χ1) is 13.5. The summed E-state index contributed by atoms with van der Waals surface area (Å²) in [6.45, 7) is 3.54. The summed E-state index contributed by atoms with van der Waals surface area (Å²) in [4.78, 5) is 12.4. The minimum atomic E-state index is -3.51. The summed E-state index contributed by atoms with van der Waals surface area (Å²) in [5.41, 5.74) is 0.437. The molecule has 1 aromatic heterocycles. The van der Waals surface area contributed by atoms with Crippen molar-refractivity contribution in [1.82, 2.24) is 24.8 Å². The Morgan fingerprint density at radius 3 is 2.68 bits per heavy atom. The molecule has 0 fully saturated rings. The summed E-state index contributed by atoms with van der Waals surface area (Å²) < 4.78 is 28.5. The number of aryl methyl sites for hydroxylation is 2. The number of benzene rings is 1. The fourth-order valence-electron chi connectivity index (χ4n) is 3.34. The number of amides is 1. The van der Waals surface area contributed by atoms with E-state index in [4.69, 9.17) is 0 Å². The van der Waals surface area contributed by atoms with Crippen molar-refractivity contribution in [3.63, 3.8) is 0 Å². The summed E-state index contributed by atoms with van der Waals surface area (Å²) in [7, 11) is -3.51. The van der Waals surface area contributed by atoms with E-state index in [1.165, 1.54) is 37.1 Å². The average molecular weight is 406 g/mol. The highest BCUT2D eigenvalue weighted by Crippen LogP contribution is 2.15. The molecule has 1 aliphatic rings. The highest BCUT2D eigenvalue weighted by molar-refractivity contribution is 7.89. The Morgan fingerprint density at radius 2 is 1.93 bits per heavy atom. The molecule has 0 spiro atoms. The van der Waals surface area contributed by atoms with E-state index in [0.717, 1.165) is 43.9 Å². The van der Waals surface area contributed by atoms with Gasteiger partial charge in [-0.15, -0.1) is 10.2 Å². The van der Waals surface area contributed by atoms with Crippen LogP contribution in [0.3, 0.4) is 0 Å². The summed E-state index contributed by atoms with van der Waals surface area (Å²) >= 11 is 0. The molecule has 152 valence electrons. The van der Waals surface area contributed by atoms with Crippen LogP contribution < -0.4 is 10.0 Å². The van der Waals surface area contributed by atoms with Crippen LogP contribution in [0.1, 0.15) is 54.6 Å². The van der Waals surface area contributed by atoms with Crippen LogP contribution in [0.5, 0.6) is 0 Å². The first kappa shape index (κ1) is 20.5. The minimum absolute atomic E-state index is 0.151. The molecule has 1 aromatic carbocycles. The first-order valence-electron chi connectivity index (χ1n) is 9.80. The molecule has 8 nitrogen and oxygen atoms in total. The minimum Gasteiger partial charge on any atom is -0.352 e. The van der Waals surface area contributed by atoms with Crippen molar-refractivity contribution in [1.29, 1.82) is 0 Å². The second-order valence-electron chi connectivity index (χ2n) is 6.88. The fourth-order valence-corrected chi connectivity index (χ4v) is 4.38. The third-order valence-corrected chi connectivity index (χ3v) is 6.37. The van der Waals surface area contributed by atoms with E-state index < -0.39 is 10.0 Å². The van der Waals surface area contributed by atoms with Crippen LogP contribution in [0.15, 0.2) is 29.2 Å². The topological polar surface area (TPSA) is 106 Å². The van der Waals surface area contributed by atoms with Crippen molar-refractivity contribution in [3.05, 3.63) is 41.5 Å². The van der Waals surface area contributed by atoms with E-state index >= 15 is 0 Å². The van der Waals surface area contributed by atoms with E-state index in [0.29, 0.717) is 18.7 Å². The molecule has 2 heterocycles. The maximum absolute atomic E-state index is 12.3. The van der Waals surface area contributed by atoms with Gasteiger partial charge in [-0.1, -0.05) is 13.3 Å². The highest BCUT2D eigenvalue weighted by atomic mass is 32.2. The number of carbonyl (C=O) groups excluding carboxylic acids is 1. The lowest BCUT2D eigenvalue weighted by molar-refractivity contribution is 0.0953. The quantitative estimate of drug-likeness (QED) is 0.650. The number of hydrogen-bond donors (Lipinski definition) is 2. The average Bonchev–Trinajstić information content (AvgIpc) is 2.91. The van der Waals surface area contributed by atoms with Crippen LogP contribution in [0.4, 0.5) is 0 Å². The molecule has 0 atom stereocenters. The van der Waals surface area contributed by atoms with Crippen molar-refractivity contribution in [2.75, 3.05) is 13.1 Å². The Hall–Kier alpha value is -2.26. The smallest absolute Gasteiger partial charge is 0.251 e. The lowest BCUT2D eigenvalue weighted by atomic mass is 10.2. The van der Waals surface area contributed by atoms with Gasteiger partial charge in [-0.2, -0.15) is 0 Å². The maximum Gasteiger partial charge on any atom is 0.251 e. The molecule has 28 heavy (non-hydrogen) atoms. The van der Waals surface area contributed by atoms with Crippen LogP contribution in [0.25, 0.3) is 0 Å². The molecule has 0 bridgehead atoms. The maximum atomic E-state index is 12.3. The van der Waals surface area contributed by atoms with Gasteiger partial charge in [0.05, 0.1) is 4.90 Å². The Balaban J connectivity index is 1.49. The van der Waals surface area contributed by atoms with Gasteiger partial charge in [-0.25, -0.2) is 13.1 Å². The summed E-state index contributed by atoms with van der Waals surface area (Å²) in [5, 5.41) is 11.5. The second-order valence-corrected chi connectivity index (χ2v) is 8.65. The Morgan fingerprint density at radius 1 is 1.14 bits per heavy atom. The van der Waals surface area contributed by atoms with Crippen molar-refractivity contribution in [3.8, 4) is 0 Å². The lowest BCUT2D eigenvalue weighted by Crippen LogP contribution is -2.26. The van der Waals surface area contributed by atoms with Crippen LogP contribution >= 0.6 is 0 Å². The van der Waals surface area contributed by atoms with Gasteiger partial charge in [0.15, 0.2) is 0 Å². The molecule has 9 heteroatoms. The third-order valence-electron chi connectivity index (χ3n) is 4.81. The molecule has 0 unspecified atom stereocenters. The molecule has 2 aromatic rings. The Kier molecular flexibility index (Phi) is 6.79. The van der Waals surface area contributed by atoms with Gasteiger partial charge in [0.1, 0.15) is 11.6 Å². The Labute approximate surface area is 165 Å². The predicted molar refractivity (Wildman–Crippen MR) is 106 cm³/mol. The normalized spacial score (nSPS) is 14.3. The number of nitrogens with one attached hydrogen (secondary N) is 2. The zero-order chi connectivity index (χ0) is 20.0. The van der Waals surface area contributed by atoms with E-state index in [2.05, 4.69) is 24.8 Å². The summed E-state index contributed by atoms with van der Waals surface area (Å²) in [6, 6.07) is 5.94. The van der Waals surface area contributed by atoms with Crippen LogP contribution in [0.2, 0.25) is 0 Å². The van der Waals surface area contributed by atoms with Gasteiger partial charge in [0.25, 0.3) is 5.91 Å². The Bertz CT molecular complexity index is 906. The van der Waals surface area contributed by atoms with Gasteiger partial charge in [0, 0.05) is 38.0 Å². The van der Waals surface area contributed by atoms with Gasteiger partial charge in [-0.3, -0.25) is 4.79 Å². The number of fused-ring (bicyclic) bond motifs is 1. The van der Waals surface area contributed by atoms with E-state index in [1.807, 2.05) is 0 Å². The van der Waals surface area contributed by atoms with E-state index in [-0.39, 0.29) is 10.8 Å². The highest BCUT2D eigenvalue weighted by Gasteiger charge is 2.15. The molecule has 1 aliphatic heterocycles. The van der Waals surface area contributed by atoms with Crippen molar-refractivity contribution >= 4 is 15.9 Å². The van der Waals surface area contributed by atoms with Crippen LogP contribution in [-0.2, 0) is 29.4 Å². The fraction of sp³-hybridized carbons (Fsp3) is 0.526. The molecule has 3 rings (SSSR count). The molecule has 0 radical (unpaired) electrons. The molecule has 0 saturated heterocycles. The number of carbonyl (C=O) groups is 1. The molecular formula is C19H27N5O3S. The van der Waals surface area contributed by atoms with E-state index in [1.54, 1.807) is 6.92 Å². The van der Waals surface area contributed by atoms with Crippen LogP contribution in [-0.4, -0.2) is 42.2 Å². The molecule has 2 N–H and O–H groups in total. The number of nitrogens with zero attached hydrogens (tertiary/aromatic N) is 3. The lowest BCUT2D eigenvalue weighted by Gasteiger charge is -2.08. The monoisotopic (exact) mass is 405 g/mol. The molecule has 1 amide bonds. The van der Waals surface area contributed by atoms with Crippen molar-refractivity contribution in [2.45, 2.75) is 56.9 Å². The standard InChI is InChI=1S/C19H27N5O3S/c1-2-21-28(26,27)16-11-9-15(10-12-16)19(25)20-13-6-8-18-23-22-17-7-4-3-5-14-24(17)18/h9-12,21H,2-8,13-14H2,1H3,(H,20,25). The molecular weight excluding hydrogens is 378 g/mol. The number of sulfonamides is 1. The van der Waals surface area contributed by atoms with Gasteiger partial charge in [-0.05, 0) is 43.5 Å². The predicted octanol–water partition coefficient (Wildman–Crippen LogP) is 1.67. The van der Waals surface area contributed by atoms with Gasteiger partial charge >= 0.3 is 0 Å². The van der Waals surface area contributed by atoms with Crippen molar-refractivity contribution in [2.24, 2.45) is 0 Å². The zero-order valence-corrected chi connectivity index (χ0v) is 17.0. The third kappa shape index (κ3) is 4.96. The SMILES string of the molecule is CCNS(=O)(=O)c1ccc(C(=O)NCCCc2nnc3n2CCCCC3)cc1. The van der Waals surface area contributed by atoms with Gasteiger partial charge in [0.2, 0.25) is 10.0 Å². The second kappa shape index (κ2) is 9.29. The van der Waals surface area contributed by atoms with Crippen molar-refractivity contribution < 1.29 is 13.2 Å². The summed E-state index contributed by atoms with van der Waals surface area (Å²) in [6.07, 6.45) is 6.09. The number of rotatable bonds is 8. The molecule has 0 aliphatic carbocycles. The number of aromatic nitrogens is 3. The van der Waals surface area contributed by atoms with Crippen LogP contribution in [0, 0.1) is 0 Å². The van der Waals surface area contributed by atoms with Gasteiger partial charge < -0.3 is 9.88 Å².